The molecule has 0 aliphatic heterocycles. The minimum atomic E-state index is 0.356. The summed E-state index contributed by atoms with van der Waals surface area (Å²) in [5.74, 6) is 1.01. The summed E-state index contributed by atoms with van der Waals surface area (Å²) in [6, 6.07) is 10.5. The molecule has 17 heavy (non-hydrogen) atoms. The lowest BCUT2D eigenvalue weighted by atomic mass is 10.1. The first kappa shape index (κ1) is 11.4. The Hall–Kier alpha value is -2.04. The number of anilines is 2. The molecule has 2 aromatic rings. The Morgan fingerprint density at radius 2 is 2.06 bits per heavy atom. The van der Waals surface area contributed by atoms with E-state index < -0.39 is 0 Å². The van der Waals surface area contributed by atoms with Crippen molar-refractivity contribution in [1.82, 2.24) is 15.2 Å². The average Bonchev–Trinajstić information content (AvgIpc) is 2.77. The second-order valence-corrected chi connectivity index (χ2v) is 4.03. The zero-order valence-electron chi connectivity index (χ0n) is 9.93. The van der Waals surface area contributed by atoms with Crippen LogP contribution in [0.15, 0.2) is 30.3 Å². The largest absolute Gasteiger partial charge is 0.368 e. The third-order valence-corrected chi connectivity index (χ3v) is 2.63. The van der Waals surface area contributed by atoms with Crippen LogP contribution < -0.4 is 10.6 Å². The van der Waals surface area contributed by atoms with E-state index in [1.54, 1.807) is 0 Å². The van der Waals surface area contributed by atoms with E-state index in [4.69, 9.17) is 5.73 Å². The van der Waals surface area contributed by atoms with Crippen LogP contribution in [0.1, 0.15) is 12.0 Å². The summed E-state index contributed by atoms with van der Waals surface area (Å²) in [6.45, 7) is 0.909. The molecule has 0 fully saturated rings. The van der Waals surface area contributed by atoms with Crippen LogP contribution in [0.3, 0.4) is 0 Å². The molecule has 0 spiro atoms. The van der Waals surface area contributed by atoms with Crippen LogP contribution in [-0.2, 0) is 6.42 Å². The van der Waals surface area contributed by atoms with Gasteiger partial charge in [-0.2, -0.15) is 4.98 Å². The van der Waals surface area contributed by atoms with Gasteiger partial charge in [-0.15, -0.1) is 5.10 Å². The molecule has 0 saturated heterocycles. The number of rotatable bonds is 5. The van der Waals surface area contributed by atoms with Crippen molar-refractivity contribution >= 4 is 11.9 Å². The highest BCUT2D eigenvalue weighted by molar-refractivity contribution is 5.32. The van der Waals surface area contributed by atoms with Gasteiger partial charge in [0.25, 0.3) is 0 Å². The molecular weight excluding hydrogens is 214 g/mol. The Kier molecular flexibility index (Phi) is 3.59. The number of H-pyrrole nitrogens is 1. The second kappa shape index (κ2) is 5.34. The molecule has 0 bridgehead atoms. The number of nitrogens with one attached hydrogen (secondary N) is 1. The van der Waals surface area contributed by atoms with Crippen molar-refractivity contribution in [1.29, 1.82) is 0 Å². The SMILES string of the molecule is CN(CCCc1ccccc1)c1n[nH]c(N)n1. The number of nitrogens with two attached hydrogens (primary N) is 1. The molecule has 0 amide bonds. The number of hydrogen-bond donors (Lipinski definition) is 2. The maximum Gasteiger partial charge on any atom is 0.246 e. The van der Waals surface area contributed by atoms with E-state index >= 15 is 0 Å². The van der Waals surface area contributed by atoms with Crippen LogP contribution in [0, 0.1) is 0 Å². The summed E-state index contributed by atoms with van der Waals surface area (Å²) in [4.78, 5) is 6.07. The van der Waals surface area contributed by atoms with Crippen LogP contribution in [-0.4, -0.2) is 28.8 Å². The summed E-state index contributed by atoms with van der Waals surface area (Å²) in [5.41, 5.74) is 6.84. The van der Waals surface area contributed by atoms with Crippen molar-refractivity contribution in [2.75, 3.05) is 24.2 Å². The van der Waals surface area contributed by atoms with E-state index in [-0.39, 0.29) is 0 Å². The van der Waals surface area contributed by atoms with E-state index in [0.29, 0.717) is 11.9 Å². The van der Waals surface area contributed by atoms with Crippen LogP contribution in [0.25, 0.3) is 0 Å². The summed E-state index contributed by atoms with van der Waals surface area (Å²) in [5, 5.41) is 6.64. The van der Waals surface area contributed by atoms with Crippen LogP contribution >= 0.6 is 0 Å². The minimum Gasteiger partial charge on any atom is -0.368 e. The molecule has 0 saturated carbocycles. The van der Waals surface area contributed by atoms with Gasteiger partial charge in [0.15, 0.2) is 0 Å². The predicted octanol–water partition coefficient (Wildman–Crippen LogP) is 1.46. The van der Waals surface area contributed by atoms with E-state index in [1.165, 1.54) is 5.56 Å². The number of aromatic nitrogens is 3. The lowest BCUT2D eigenvalue weighted by Crippen LogP contribution is -2.20. The predicted molar refractivity (Wildman–Crippen MR) is 68.8 cm³/mol. The normalized spacial score (nSPS) is 10.4. The molecule has 1 aromatic heterocycles. The summed E-state index contributed by atoms with van der Waals surface area (Å²) in [6.07, 6.45) is 2.13. The van der Waals surface area contributed by atoms with Gasteiger partial charge >= 0.3 is 0 Å². The Balaban J connectivity index is 1.79. The molecule has 5 heteroatoms. The molecule has 1 heterocycles. The lowest BCUT2D eigenvalue weighted by Gasteiger charge is -2.14. The molecule has 3 N–H and O–H groups in total. The number of aryl methyl sites for hydroxylation is 1. The first-order valence-corrected chi connectivity index (χ1v) is 5.68. The maximum atomic E-state index is 5.48. The Morgan fingerprint density at radius 3 is 2.71 bits per heavy atom. The standard InChI is InChI=1S/C12H17N5/c1-17(12-14-11(13)15-16-12)9-5-8-10-6-3-2-4-7-10/h2-4,6-7H,5,8-9H2,1H3,(H3,13,14,15,16). The fraction of sp³-hybridized carbons (Fsp3) is 0.333. The monoisotopic (exact) mass is 231 g/mol. The van der Waals surface area contributed by atoms with Crippen LogP contribution in [0.2, 0.25) is 0 Å². The average molecular weight is 231 g/mol. The van der Waals surface area contributed by atoms with Crippen molar-refractivity contribution in [3.63, 3.8) is 0 Å². The number of hydrogen-bond acceptors (Lipinski definition) is 4. The molecule has 1 aromatic carbocycles. The topological polar surface area (TPSA) is 70.8 Å². The molecule has 0 unspecified atom stereocenters. The van der Waals surface area contributed by atoms with Gasteiger partial charge < -0.3 is 10.6 Å². The quantitative estimate of drug-likeness (QED) is 0.817. The van der Waals surface area contributed by atoms with Crippen molar-refractivity contribution in [3.8, 4) is 0 Å². The highest BCUT2D eigenvalue weighted by atomic mass is 15.4. The van der Waals surface area contributed by atoms with Gasteiger partial charge in [-0.3, -0.25) is 0 Å². The first-order valence-electron chi connectivity index (χ1n) is 5.68. The Morgan fingerprint density at radius 1 is 1.29 bits per heavy atom. The maximum absolute atomic E-state index is 5.48. The summed E-state index contributed by atoms with van der Waals surface area (Å²) in [7, 11) is 1.97. The third kappa shape index (κ3) is 3.21. The van der Waals surface area contributed by atoms with E-state index in [1.807, 2.05) is 18.0 Å². The molecular formula is C12H17N5. The van der Waals surface area contributed by atoms with Gasteiger partial charge in [-0.05, 0) is 18.4 Å². The van der Waals surface area contributed by atoms with Crippen molar-refractivity contribution in [2.45, 2.75) is 12.8 Å². The molecule has 5 nitrogen and oxygen atoms in total. The van der Waals surface area contributed by atoms with Gasteiger partial charge in [-0.25, -0.2) is 5.10 Å². The number of nitrogens with zero attached hydrogens (tertiary/aromatic N) is 3. The van der Waals surface area contributed by atoms with Crippen LogP contribution in [0.5, 0.6) is 0 Å². The lowest BCUT2D eigenvalue weighted by molar-refractivity contribution is 0.768. The summed E-state index contributed by atoms with van der Waals surface area (Å²) < 4.78 is 0. The first-order chi connectivity index (χ1) is 8.25. The molecule has 2 rings (SSSR count). The van der Waals surface area contributed by atoms with Gasteiger partial charge in [0, 0.05) is 13.6 Å². The van der Waals surface area contributed by atoms with Gasteiger partial charge in [-0.1, -0.05) is 30.3 Å². The molecule has 90 valence electrons. The molecule has 0 aliphatic carbocycles. The van der Waals surface area contributed by atoms with Crippen molar-refractivity contribution in [3.05, 3.63) is 35.9 Å². The third-order valence-electron chi connectivity index (χ3n) is 2.63. The minimum absolute atomic E-state index is 0.356. The number of aromatic amines is 1. The molecule has 0 atom stereocenters. The number of benzene rings is 1. The van der Waals surface area contributed by atoms with E-state index in [9.17, 15) is 0 Å². The van der Waals surface area contributed by atoms with Gasteiger partial charge in [0.05, 0.1) is 0 Å². The second-order valence-electron chi connectivity index (χ2n) is 4.03. The Labute approximate surface area is 101 Å². The molecule has 0 aliphatic rings. The highest BCUT2D eigenvalue weighted by Gasteiger charge is 2.05. The fourth-order valence-electron chi connectivity index (χ4n) is 1.70. The van der Waals surface area contributed by atoms with Gasteiger partial charge in [0.2, 0.25) is 11.9 Å². The number of nitrogen functional groups attached to an aromatic ring is 1. The van der Waals surface area contributed by atoms with Crippen molar-refractivity contribution < 1.29 is 0 Å². The van der Waals surface area contributed by atoms with Crippen LogP contribution in [0.4, 0.5) is 11.9 Å². The zero-order valence-corrected chi connectivity index (χ0v) is 9.93. The van der Waals surface area contributed by atoms with E-state index in [2.05, 4.69) is 39.4 Å². The smallest absolute Gasteiger partial charge is 0.246 e. The fourth-order valence-corrected chi connectivity index (χ4v) is 1.70. The van der Waals surface area contributed by atoms with Crippen molar-refractivity contribution in [2.24, 2.45) is 0 Å². The van der Waals surface area contributed by atoms with Gasteiger partial charge in [0.1, 0.15) is 0 Å². The summed E-state index contributed by atoms with van der Waals surface area (Å²) >= 11 is 0. The molecule has 0 radical (unpaired) electrons. The highest BCUT2D eigenvalue weighted by Crippen LogP contribution is 2.08. The zero-order chi connectivity index (χ0) is 12.1. The van der Waals surface area contributed by atoms with E-state index in [0.717, 1.165) is 19.4 Å². The Bertz CT molecular complexity index is 451.